The number of amides is 2. The van der Waals surface area contributed by atoms with Gasteiger partial charge in [-0.2, -0.15) is 0 Å². The first kappa shape index (κ1) is 25.3. The van der Waals surface area contributed by atoms with Crippen molar-refractivity contribution in [3.63, 3.8) is 0 Å². The molecular formula is C27H34N2O5. The van der Waals surface area contributed by atoms with Crippen LogP contribution in [0.5, 0.6) is 0 Å². The van der Waals surface area contributed by atoms with Gasteiger partial charge in [-0.25, -0.2) is 4.79 Å². The summed E-state index contributed by atoms with van der Waals surface area (Å²) in [5, 5.41) is 11.7. The number of ether oxygens (including phenoxy) is 1. The van der Waals surface area contributed by atoms with E-state index < -0.39 is 18.1 Å². The van der Waals surface area contributed by atoms with E-state index in [2.05, 4.69) is 29.6 Å². The number of benzene rings is 2. The lowest BCUT2D eigenvalue weighted by molar-refractivity contribution is -0.139. The molecule has 0 saturated carbocycles. The fraction of sp³-hybridized carbons (Fsp3) is 0.444. The molecule has 0 aromatic heterocycles. The van der Waals surface area contributed by atoms with Crippen LogP contribution in [-0.2, 0) is 14.3 Å². The standard InChI is InChI=1S/C27H34N2O5/c1-17(2)25(26(32)29(18(3)4)15-9-14-24(30)31)28-27(33)34-16-23-21-12-7-5-10-19(21)20-11-6-8-13-22(20)23/h5-8,10-13,17-18,23,25H,9,14-16H2,1-4H3,(H,28,33)(H,30,31)/t25-/m1/s1. The molecule has 1 aliphatic rings. The molecule has 0 aliphatic heterocycles. The lowest BCUT2D eigenvalue weighted by atomic mass is 9.98. The number of carboxylic acid groups (broad SMARTS) is 1. The van der Waals surface area contributed by atoms with Crippen LogP contribution < -0.4 is 5.32 Å². The number of hydrogen-bond acceptors (Lipinski definition) is 4. The van der Waals surface area contributed by atoms with Gasteiger partial charge in [-0.05, 0) is 48.4 Å². The van der Waals surface area contributed by atoms with Crippen molar-refractivity contribution in [2.24, 2.45) is 5.92 Å². The van der Waals surface area contributed by atoms with Crippen LogP contribution in [0.15, 0.2) is 48.5 Å². The highest BCUT2D eigenvalue weighted by molar-refractivity contribution is 5.86. The van der Waals surface area contributed by atoms with Crippen LogP contribution in [0.25, 0.3) is 11.1 Å². The molecule has 7 heteroatoms. The van der Waals surface area contributed by atoms with Crippen molar-refractivity contribution in [2.75, 3.05) is 13.2 Å². The zero-order valence-electron chi connectivity index (χ0n) is 20.3. The van der Waals surface area contributed by atoms with E-state index >= 15 is 0 Å². The van der Waals surface area contributed by atoms with Crippen LogP contribution in [0, 0.1) is 5.92 Å². The molecule has 2 aromatic carbocycles. The van der Waals surface area contributed by atoms with E-state index in [-0.39, 0.29) is 36.8 Å². The quantitative estimate of drug-likeness (QED) is 0.531. The van der Waals surface area contributed by atoms with E-state index in [1.54, 1.807) is 4.90 Å². The number of aliphatic carboxylic acids is 1. The number of rotatable bonds is 10. The first-order valence-electron chi connectivity index (χ1n) is 11.8. The number of hydrogen-bond donors (Lipinski definition) is 2. The molecule has 0 bridgehead atoms. The maximum absolute atomic E-state index is 13.2. The molecule has 3 rings (SSSR count). The monoisotopic (exact) mass is 466 g/mol. The summed E-state index contributed by atoms with van der Waals surface area (Å²) >= 11 is 0. The third-order valence-corrected chi connectivity index (χ3v) is 6.25. The summed E-state index contributed by atoms with van der Waals surface area (Å²) in [7, 11) is 0. The molecular weight excluding hydrogens is 432 g/mol. The maximum Gasteiger partial charge on any atom is 0.407 e. The van der Waals surface area contributed by atoms with Gasteiger partial charge in [0.2, 0.25) is 5.91 Å². The lowest BCUT2D eigenvalue weighted by Gasteiger charge is -2.32. The number of alkyl carbamates (subject to hydrolysis) is 1. The predicted octanol–water partition coefficient (Wildman–Crippen LogP) is 4.65. The Hall–Kier alpha value is -3.35. The topological polar surface area (TPSA) is 95.9 Å². The summed E-state index contributed by atoms with van der Waals surface area (Å²) in [6.45, 7) is 7.97. The maximum atomic E-state index is 13.2. The van der Waals surface area contributed by atoms with E-state index in [9.17, 15) is 14.4 Å². The minimum Gasteiger partial charge on any atom is -0.481 e. The van der Waals surface area contributed by atoms with Gasteiger partial charge in [0.15, 0.2) is 0 Å². The molecule has 2 aromatic rings. The summed E-state index contributed by atoms with van der Waals surface area (Å²) in [6, 6.07) is 15.3. The molecule has 1 aliphatic carbocycles. The van der Waals surface area contributed by atoms with Gasteiger partial charge in [0, 0.05) is 24.9 Å². The smallest absolute Gasteiger partial charge is 0.407 e. The number of nitrogens with zero attached hydrogens (tertiary/aromatic N) is 1. The number of carboxylic acids is 1. The Morgan fingerprint density at radius 3 is 2.03 bits per heavy atom. The Morgan fingerprint density at radius 2 is 1.53 bits per heavy atom. The van der Waals surface area contributed by atoms with Crippen LogP contribution >= 0.6 is 0 Å². The Morgan fingerprint density at radius 1 is 0.971 bits per heavy atom. The molecule has 0 heterocycles. The van der Waals surface area contributed by atoms with Gasteiger partial charge >= 0.3 is 12.1 Å². The molecule has 2 amide bonds. The summed E-state index contributed by atoms with van der Waals surface area (Å²) in [4.78, 5) is 38.5. The van der Waals surface area contributed by atoms with Crippen molar-refractivity contribution < 1.29 is 24.2 Å². The van der Waals surface area contributed by atoms with Crippen molar-refractivity contribution in [2.45, 2.75) is 58.5 Å². The first-order chi connectivity index (χ1) is 16.2. The van der Waals surface area contributed by atoms with Crippen molar-refractivity contribution in [3.8, 4) is 11.1 Å². The van der Waals surface area contributed by atoms with Gasteiger partial charge in [-0.15, -0.1) is 0 Å². The fourth-order valence-corrected chi connectivity index (χ4v) is 4.48. The second-order valence-electron chi connectivity index (χ2n) is 9.31. The third kappa shape index (κ3) is 5.76. The van der Waals surface area contributed by atoms with Crippen LogP contribution in [0.1, 0.15) is 57.6 Å². The molecule has 0 radical (unpaired) electrons. The Balaban J connectivity index is 1.66. The average Bonchev–Trinajstić information content (AvgIpc) is 3.11. The molecule has 0 saturated heterocycles. The zero-order valence-corrected chi connectivity index (χ0v) is 20.3. The molecule has 2 N–H and O–H groups in total. The summed E-state index contributed by atoms with van der Waals surface area (Å²) in [5.41, 5.74) is 4.54. The lowest BCUT2D eigenvalue weighted by Crippen LogP contribution is -2.53. The predicted molar refractivity (Wildman–Crippen MR) is 131 cm³/mol. The average molecular weight is 467 g/mol. The highest BCUT2D eigenvalue weighted by Gasteiger charge is 2.32. The molecule has 0 unspecified atom stereocenters. The molecule has 0 spiro atoms. The minimum atomic E-state index is -0.895. The van der Waals surface area contributed by atoms with Crippen molar-refractivity contribution in [1.29, 1.82) is 0 Å². The number of carbonyl (C=O) groups is 3. The van der Waals surface area contributed by atoms with Crippen molar-refractivity contribution in [1.82, 2.24) is 10.2 Å². The van der Waals surface area contributed by atoms with Crippen LogP contribution in [0.2, 0.25) is 0 Å². The molecule has 0 fully saturated rings. The zero-order chi connectivity index (χ0) is 24.8. The summed E-state index contributed by atoms with van der Waals surface area (Å²) in [6.07, 6.45) is -0.291. The van der Waals surface area contributed by atoms with E-state index in [1.165, 1.54) is 0 Å². The fourth-order valence-electron chi connectivity index (χ4n) is 4.48. The van der Waals surface area contributed by atoms with Crippen LogP contribution in [0.4, 0.5) is 4.79 Å². The largest absolute Gasteiger partial charge is 0.481 e. The van der Waals surface area contributed by atoms with E-state index in [4.69, 9.17) is 9.84 Å². The molecule has 182 valence electrons. The van der Waals surface area contributed by atoms with Gasteiger partial charge in [0.1, 0.15) is 12.6 Å². The second-order valence-corrected chi connectivity index (χ2v) is 9.31. The molecule has 7 nitrogen and oxygen atoms in total. The molecule has 1 atom stereocenters. The van der Waals surface area contributed by atoms with Gasteiger partial charge in [-0.3, -0.25) is 9.59 Å². The normalized spacial score (nSPS) is 13.4. The Labute approximate surface area is 201 Å². The Bertz CT molecular complexity index is 988. The third-order valence-electron chi connectivity index (χ3n) is 6.25. The second kappa shape index (κ2) is 11.2. The summed E-state index contributed by atoms with van der Waals surface area (Å²) in [5.74, 6) is -1.35. The van der Waals surface area contributed by atoms with Crippen molar-refractivity contribution in [3.05, 3.63) is 59.7 Å². The van der Waals surface area contributed by atoms with E-state index in [0.717, 1.165) is 22.3 Å². The summed E-state index contributed by atoms with van der Waals surface area (Å²) < 4.78 is 5.62. The number of carbonyl (C=O) groups excluding carboxylic acids is 2. The van der Waals surface area contributed by atoms with E-state index in [0.29, 0.717) is 13.0 Å². The van der Waals surface area contributed by atoms with Gasteiger partial charge in [-0.1, -0.05) is 62.4 Å². The van der Waals surface area contributed by atoms with Gasteiger partial charge in [0.05, 0.1) is 0 Å². The van der Waals surface area contributed by atoms with E-state index in [1.807, 2.05) is 52.0 Å². The van der Waals surface area contributed by atoms with Crippen LogP contribution in [0.3, 0.4) is 0 Å². The van der Waals surface area contributed by atoms with Crippen molar-refractivity contribution >= 4 is 18.0 Å². The molecule has 34 heavy (non-hydrogen) atoms. The SMILES string of the molecule is CC(C)[C@@H](NC(=O)OCC1c2ccccc2-c2ccccc21)C(=O)N(CCCC(=O)O)C(C)C. The minimum absolute atomic E-state index is 0.0113. The number of nitrogens with one attached hydrogen (secondary N) is 1. The highest BCUT2D eigenvalue weighted by atomic mass is 16.5. The van der Waals surface area contributed by atoms with Gasteiger partial charge < -0.3 is 20.1 Å². The Kier molecular flexibility index (Phi) is 8.31. The first-order valence-corrected chi connectivity index (χ1v) is 11.8. The number of fused-ring (bicyclic) bond motifs is 3. The van der Waals surface area contributed by atoms with Gasteiger partial charge in [0.25, 0.3) is 0 Å². The van der Waals surface area contributed by atoms with Crippen LogP contribution in [-0.4, -0.2) is 53.2 Å². The highest BCUT2D eigenvalue weighted by Crippen LogP contribution is 2.44.